The molecule has 2 heteroatoms. The molecule has 0 aromatic heterocycles. The Labute approximate surface area is 89.4 Å². The number of likely N-dealkylation sites (tertiary alicyclic amines) is 1. The second-order valence-corrected chi connectivity index (χ2v) is 2.76. The van der Waals surface area contributed by atoms with Gasteiger partial charge in [-0.25, -0.2) is 0 Å². The van der Waals surface area contributed by atoms with Crippen LogP contribution in [0.15, 0.2) is 0 Å². The Bertz CT molecular complexity index is 66.9. The second-order valence-electron chi connectivity index (χ2n) is 2.76. The minimum atomic E-state index is 0. The average molecular weight is 215 g/mol. The van der Waals surface area contributed by atoms with E-state index in [4.69, 9.17) is 0 Å². The molecular weight excluding hydrogens is 199 g/mol. The molecule has 1 rings (SSSR count). The zero-order valence-corrected chi connectivity index (χ0v) is 9.52. The molecule has 1 fully saturated rings. The Morgan fingerprint density at radius 2 is 1.70 bits per heavy atom. The molecule has 0 aliphatic carbocycles. The van der Waals surface area contributed by atoms with E-state index in [-0.39, 0.29) is 32.7 Å². The number of piperidine rings is 1. The van der Waals surface area contributed by atoms with Crippen LogP contribution in [0, 0.1) is 6.92 Å². The molecule has 57 valence electrons. The van der Waals surface area contributed by atoms with Crippen LogP contribution in [0.25, 0.3) is 0 Å². The molecule has 0 amide bonds. The van der Waals surface area contributed by atoms with Crippen LogP contribution in [-0.4, -0.2) is 24.5 Å². The van der Waals surface area contributed by atoms with E-state index in [1.165, 1.54) is 38.9 Å². The third-order valence-corrected chi connectivity index (χ3v) is 1.92. The summed E-state index contributed by atoms with van der Waals surface area (Å²) < 4.78 is 0. The van der Waals surface area contributed by atoms with Crippen molar-refractivity contribution in [2.75, 3.05) is 19.6 Å². The van der Waals surface area contributed by atoms with Crippen molar-refractivity contribution < 1.29 is 32.7 Å². The summed E-state index contributed by atoms with van der Waals surface area (Å²) >= 11 is 0. The van der Waals surface area contributed by atoms with Crippen molar-refractivity contribution in [1.29, 1.82) is 0 Å². The van der Waals surface area contributed by atoms with Crippen molar-refractivity contribution in [3.05, 3.63) is 6.92 Å². The van der Waals surface area contributed by atoms with Gasteiger partial charge in [-0.2, -0.15) is 6.42 Å². The third kappa shape index (κ3) is 4.05. The fourth-order valence-corrected chi connectivity index (χ4v) is 1.41. The van der Waals surface area contributed by atoms with Crippen LogP contribution < -0.4 is 0 Å². The van der Waals surface area contributed by atoms with Gasteiger partial charge in [0.1, 0.15) is 0 Å². The van der Waals surface area contributed by atoms with Gasteiger partial charge in [0.2, 0.25) is 0 Å². The monoisotopic (exact) mass is 215 g/mol. The van der Waals surface area contributed by atoms with E-state index in [1.54, 1.807) is 0 Å². The van der Waals surface area contributed by atoms with Gasteiger partial charge in [0.05, 0.1) is 0 Å². The minimum Gasteiger partial charge on any atom is -0.342 e. The maximum atomic E-state index is 3.84. The van der Waals surface area contributed by atoms with E-state index in [0.29, 0.717) is 0 Å². The molecule has 1 saturated heterocycles. The predicted molar refractivity (Wildman–Crippen MR) is 40.3 cm³/mol. The number of hydrogen-bond acceptors (Lipinski definition) is 1. The van der Waals surface area contributed by atoms with Gasteiger partial charge >= 0.3 is 0 Å². The third-order valence-electron chi connectivity index (χ3n) is 1.92. The fourth-order valence-electron chi connectivity index (χ4n) is 1.41. The molecule has 0 bridgehead atoms. The Kier molecular flexibility index (Phi) is 7.47. The van der Waals surface area contributed by atoms with Crippen LogP contribution in [0.5, 0.6) is 0 Å². The first-order valence-electron chi connectivity index (χ1n) is 3.95. The summed E-state index contributed by atoms with van der Waals surface area (Å²) in [6.07, 6.45) is 5.31. The first-order chi connectivity index (χ1) is 4.43. The maximum absolute atomic E-state index is 3.84. The molecule has 0 atom stereocenters. The number of nitrogens with zero attached hydrogens (tertiary/aromatic N) is 1. The molecule has 1 aliphatic heterocycles. The van der Waals surface area contributed by atoms with Crippen LogP contribution >= 0.6 is 0 Å². The second kappa shape index (κ2) is 6.75. The Morgan fingerprint density at radius 1 is 1.10 bits per heavy atom. The predicted octanol–water partition coefficient (Wildman–Crippen LogP) is 1.69. The van der Waals surface area contributed by atoms with Gasteiger partial charge in [0, 0.05) is 32.7 Å². The topological polar surface area (TPSA) is 3.24 Å². The van der Waals surface area contributed by atoms with Gasteiger partial charge in [-0.05, 0) is 32.5 Å². The summed E-state index contributed by atoms with van der Waals surface area (Å²) in [6, 6.07) is 0. The van der Waals surface area contributed by atoms with Crippen molar-refractivity contribution in [2.45, 2.75) is 25.7 Å². The Hall–Kier alpha value is 1.06. The average Bonchev–Trinajstić information content (AvgIpc) is 1.91. The molecule has 0 saturated carbocycles. The molecule has 0 aromatic rings. The fraction of sp³-hybridized carbons (Fsp3) is 0.875. The first kappa shape index (κ1) is 11.1. The van der Waals surface area contributed by atoms with E-state index in [2.05, 4.69) is 11.8 Å². The van der Waals surface area contributed by atoms with Crippen LogP contribution in [-0.2, 0) is 32.7 Å². The summed E-state index contributed by atoms with van der Waals surface area (Å²) in [6.45, 7) is 7.68. The molecule has 10 heavy (non-hydrogen) atoms. The minimum absolute atomic E-state index is 0. The van der Waals surface area contributed by atoms with Crippen LogP contribution in [0.3, 0.4) is 0 Å². The van der Waals surface area contributed by atoms with E-state index in [0.717, 1.165) is 6.42 Å². The van der Waals surface area contributed by atoms with Crippen LogP contribution in [0.2, 0.25) is 0 Å². The van der Waals surface area contributed by atoms with E-state index >= 15 is 0 Å². The summed E-state index contributed by atoms with van der Waals surface area (Å²) in [7, 11) is 0. The molecule has 0 N–H and O–H groups in total. The van der Waals surface area contributed by atoms with Gasteiger partial charge < -0.3 is 11.8 Å². The number of rotatable bonds is 2. The van der Waals surface area contributed by atoms with Crippen molar-refractivity contribution in [3.8, 4) is 0 Å². The molecule has 1 aliphatic rings. The van der Waals surface area contributed by atoms with Gasteiger partial charge in [0.25, 0.3) is 0 Å². The SMILES string of the molecule is [CH2-]CCN1CCCCC1.[Y]. The Morgan fingerprint density at radius 3 is 2.20 bits per heavy atom. The molecule has 0 aromatic carbocycles. The van der Waals surface area contributed by atoms with Crippen molar-refractivity contribution in [2.24, 2.45) is 0 Å². The summed E-state index contributed by atoms with van der Waals surface area (Å²) in [5.74, 6) is 0. The van der Waals surface area contributed by atoms with E-state index in [9.17, 15) is 0 Å². The number of hydrogen-bond donors (Lipinski definition) is 0. The summed E-state index contributed by atoms with van der Waals surface area (Å²) in [4.78, 5) is 2.51. The van der Waals surface area contributed by atoms with Crippen LogP contribution in [0.4, 0.5) is 0 Å². The van der Waals surface area contributed by atoms with Gasteiger partial charge in [-0.1, -0.05) is 6.42 Å². The molecule has 0 spiro atoms. The zero-order chi connectivity index (χ0) is 6.53. The zero-order valence-electron chi connectivity index (χ0n) is 6.68. The standard InChI is InChI=1S/C8H16N.Y/c1-2-6-9-7-4-3-5-8-9;/h1-8H2;/q-1;. The van der Waals surface area contributed by atoms with Crippen molar-refractivity contribution in [3.63, 3.8) is 0 Å². The van der Waals surface area contributed by atoms with Gasteiger partial charge in [-0.15, -0.1) is 0 Å². The quantitative estimate of drug-likeness (QED) is 0.633. The Balaban J connectivity index is 0.000000810. The van der Waals surface area contributed by atoms with E-state index in [1.807, 2.05) is 0 Å². The summed E-state index contributed by atoms with van der Waals surface area (Å²) in [5, 5.41) is 0. The molecular formula is C8H16NY-. The van der Waals surface area contributed by atoms with E-state index < -0.39 is 0 Å². The summed E-state index contributed by atoms with van der Waals surface area (Å²) in [5.41, 5.74) is 0. The van der Waals surface area contributed by atoms with Crippen molar-refractivity contribution >= 4 is 0 Å². The van der Waals surface area contributed by atoms with Crippen LogP contribution in [0.1, 0.15) is 25.7 Å². The van der Waals surface area contributed by atoms with Gasteiger partial charge in [-0.3, -0.25) is 0 Å². The molecule has 0 unspecified atom stereocenters. The molecule has 1 nitrogen and oxygen atoms in total. The smallest absolute Gasteiger partial charge is 0 e. The largest absolute Gasteiger partial charge is 0.342 e. The maximum Gasteiger partial charge on any atom is 0 e. The normalized spacial score (nSPS) is 20.1. The first-order valence-corrected chi connectivity index (χ1v) is 3.95. The van der Waals surface area contributed by atoms with Gasteiger partial charge in [0.15, 0.2) is 0 Å². The molecule has 1 radical (unpaired) electrons. The molecule has 1 heterocycles. The van der Waals surface area contributed by atoms with Crippen molar-refractivity contribution in [1.82, 2.24) is 4.90 Å².